The molecule has 2 heterocycles. The topological polar surface area (TPSA) is 181 Å². The van der Waals surface area contributed by atoms with E-state index < -0.39 is 48.6 Å². The number of carboxylic acids is 2. The number of aromatic nitrogens is 2. The number of pyridine rings is 2. The predicted molar refractivity (Wildman–Crippen MR) is 233 cm³/mol. The van der Waals surface area contributed by atoms with E-state index in [1.165, 1.54) is 36.4 Å². The number of fused-ring (bicyclic) bond motifs is 2. The molecule has 2 aliphatic rings. The Morgan fingerprint density at radius 1 is 0.571 bits per heavy atom. The first kappa shape index (κ1) is 47.0. The Morgan fingerprint density at radius 2 is 0.921 bits per heavy atom. The first-order chi connectivity index (χ1) is 29.8. The van der Waals surface area contributed by atoms with Crippen molar-refractivity contribution >= 4 is 95.2 Å². The molecule has 0 bridgehead atoms. The van der Waals surface area contributed by atoms with Gasteiger partial charge in [0.2, 0.25) is 0 Å². The fourth-order valence-electron chi connectivity index (χ4n) is 7.50. The van der Waals surface area contributed by atoms with Gasteiger partial charge in [-0.2, -0.15) is 0 Å². The number of carboxylic acid groups (broad SMARTS) is 2. The van der Waals surface area contributed by atoms with Crippen LogP contribution < -0.4 is 10.2 Å². The van der Waals surface area contributed by atoms with Gasteiger partial charge in [0.05, 0.1) is 34.6 Å². The van der Waals surface area contributed by atoms with E-state index >= 15 is 0 Å². The van der Waals surface area contributed by atoms with E-state index in [-0.39, 0.29) is 62.2 Å². The summed E-state index contributed by atoms with van der Waals surface area (Å²) >= 11 is 0. The fourth-order valence-corrected chi connectivity index (χ4v) is 7.50. The average molecular weight is 877 g/mol. The van der Waals surface area contributed by atoms with E-state index in [1.54, 1.807) is 36.4 Å². The summed E-state index contributed by atoms with van der Waals surface area (Å²) in [6, 6.07) is 27.8. The summed E-state index contributed by atoms with van der Waals surface area (Å²) in [6.45, 7) is 0. The van der Waals surface area contributed by atoms with Crippen LogP contribution >= 0.6 is 0 Å². The number of halogens is 2. The molecule has 2 aromatic heterocycles. The molecule has 10 nitrogen and oxygen atoms in total. The zero-order valence-electron chi connectivity index (χ0n) is 34.2. The van der Waals surface area contributed by atoms with Gasteiger partial charge in [-0.3, -0.25) is 19.6 Å². The van der Waals surface area contributed by atoms with Crippen LogP contribution in [0.1, 0.15) is 85.7 Å². The summed E-state index contributed by atoms with van der Waals surface area (Å²) in [7, 11) is 0. The standard InChI is InChI=1S/2C25H22FNO4.Ca/c2*26-17-9-7-15(8-10-17)24-20-3-1-2-4-22(20)27-25(16-5-6-16)21(24)12-11-18(28)13-19(29)14-23(30)31;/h2*1-4,7-12,16,19,29H,5-6,13-14H2,(H,30,31);/q;;+2/p-2/b2*12-11+;/t2*19-;/m11./s1. The van der Waals surface area contributed by atoms with Gasteiger partial charge in [-0.1, -0.05) is 60.7 Å². The second kappa shape index (κ2) is 21.2. The Labute approximate surface area is 392 Å². The van der Waals surface area contributed by atoms with Crippen LogP contribution in [0.5, 0.6) is 0 Å². The van der Waals surface area contributed by atoms with E-state index in [0.717, 1.165) is 92.3 Å². The first-order valence-corrected chi connectivity index (χ1v) is 20.4. The second-order valence-electron chi connectivity index (χ2n) is 15.6. The van der Waals surface area contributed by atoms with Crippen LogP contribution in [0.3, 0.4) is 0 Å². The second-order valence-corrected chi connectivity index (χ2v) is 15.6. The molecule has 13 heteroatoms. The molecular formula is C50H42CaF2N2O8. The van der Waals surface area contributed by atoms with Crippen LogP contribution in [-0.2, 0) is 19.2 Å². The molecule has 0 amide bonds. The summed E-state index contributed by atoms with van der Waals surface area (Å²) in [5, 5.41) is 42.4. The molecule has 316 valence electrons. The molecule has 63 heavy (non-hydrogen) atoms. The number of hydrogen-bond donors (Lipinski definition) is 2. The van der Waals surface area contributed by atoms with Gasteiger partial charge in [-0.25, -0.2) is 8.78 Å². The first-order valence-electron chi connectivity index (χ1n) is 20.4. The minimum Gasteiger partial charge on any atom is -0.550 e. The summed E-state index contributed by atoms with van der Waals surface area (Å²) in [5.74, 6) is -3.68. The molecule has 6 aromatic rings. The zero-order chi connectivity index (χ0) is 43.9. The van der Waals surface area contributed by atoms with Gasteiger partial charge in [0, 0.05) is 82.5 Å². The Kier molecular flexibility index (Phi) is 15.8. The van der Waals surface area contributed by atoms with E-state index in [0.29, 0.717) is 11.8 Å². The molecule has 0 saturated heterocycles. The number of rotatable bonds is 16. The zero-order valence-corrected chi connectivity index (χ0v) is 36.4. The molecule has 2 atom stereocenters. The van der Waals surface area contributed by atoms with Crippen LogP contribution in [-0.4, -0.2) is 93.6 Å². The van der Waals surface area contributed by atoms with Crippen molar-refractivity contribution in [1.82, 2.24) is 9.97 Å². The van der Waals surface area contributed by atoms with Crippen LogP contribution in [0, 0.1) is 11.6 Å². The minimum absolute atomic E-state index is 0. The van der Waals surface area contributed by atoms with Gasteiger partial charge in [0.1, 0.15) is 11.6 Å². The molecule has 8 rings (SSSR count). The van der Waals surface area contributed by atoms with E-state index in [9.17, 15) is 48.4 Å². The molecule has 2 fully saturated rings. The van der Waals surface area contributed by atoms with Crippen molar-refractivity contribution in [2.75, 3.05) is 0 Å². The van der Waals surface area contributed by atoms with Crippen molar-refractivity contribution in [3.63, 3.8) is 0 Å². The molecule has 0 aliphatic heterocycles. The molecule has 0 radical (unpaired) electrons. The van der Waals surface area contributed by atoms with Gasteiger partial charge in [0.15, 0.2) is 11.6 Å². The summed E-state index contributed by atoms with van der Waals surface area (Å²) in [6.07, 6.45) is 5.70. The predicted octanol–water partition coefficient (Wildman–Crippen LogP) is 6.40. The normalized spacial score (nSPS) is 14.5. The molecular weight excluding hydrogens is 835 g/mol. The van der Waals surface area contributed by atoms with Crippen LogP contribution in [0.2, 0.25) is 0 Å². The third-order valence-corrected chi connectivity index (χ3v) is 10.7. The molecule has 2 saturated carbocycles. The Balaban J connectivity index is 0.000000206. The summed E-state index contributed by atoms with van der Waals surface area (Å²) < 4.78 is 27.1. The molecule has 4 aromatic carbocycles. The molecule has 0 unspecified atom stereocenters. The monoisotopic (exact) mass is 876 g/mol. The van der Waals surface area contributed by atoms with Crippen LogP contribution in [0.25, 0.3) is 56.2 Å². The fraction of sp³-hybridized carbons (Fsp3) is 0.240. The number of benzene rings is 4. The Morgan fingerprint density at radius 3 is 1.25 bits per heavy atom. The molecule has 0 spiro atoms. The van der Waals surface area contributed by atoms with Gasteiger partial charge < -0.3 is 30.0 Å². The van der Waals surface area contributed by atoms with Gasteiger partial charge >= 0.3 is 37.7 Å². The van der Waals surface area contributed by atoms with Gasteiger partial charge in [-0.15, -0.1) is 0 Å². The van der Waals surface area contributed by atoms with Gasteiger partial charge in [-0.05, 0) is 97.5 Å². The number of aliphatic hydroxyl groups is 2. The largest absolute Gasteiger partial charge is 2.00 e. The summed E-state index contributed by atoms with van der Waals surface area (Å²) in [4.78, 5) is 55.6. The van der Waals surface area contributed by atoms with E-state index in [4.69, 9.17) is 9.97 Å². The van der Waals surface area contributed by atoms with Crippen molar-refractivity contribution in [2.45, 2.75) is 75.4 Å². The maximum Gasteiger partial charge on any atom is 2.00 e. The van der Waals surface area contributed by atoms with Crippen molar-refractivity contribution in [2.24, 2.45) is 0 Å². The number of carbonyl (C=O) groups is 4. The van der Waals surface area contributed by atoms with Gasteiger partial charge in [0.25, 0.3) is 0 Å². The van der Waals surface area contributed by atoms with E-state index in [1.807, 2.05) is 48.5 Å². The van der Waals surface area contributed by atoms with Crippen molar-refractivity contribution in [1.29, 1.82) is 0 Å². The quantitative estimate of drug-likeness (QED) is 0.0816. The number of nitrogens with zero attached hydrogens (tertiary/aromatic N) is 2. The molecule has 2 N–H and O–H groups in total. The number of allylic oxidation sites excluding steroid dienone is 2. The van der Waals surface area contributed by atoms with Crippen molar-refractivity contribution < 1.29 is 48.4 Å². The maximum atomic E-state index is 13.6. The van der Waals surface area contributed by atoms with Crippen molar-refractivity contribution in [3.05, 3.63) is 143 Å². The third kappa shape index (κ3) is 12.4. The maximum absolute atomic E-state index is 13.6. The smallest absolute Gasteiger partial charge is 0.550 e. The number of ketones is 2. The number of carbonyl (C=O) groups excluding carboxylic acids is 4. The summed E-state index contributed by atoms with van der Waals surface area (Å²) in [5.41, 5.74) is 8.37. The number of hydrogen-bond acceptors (Lipinski definition) is 10. The Bertz CT molecular complexity index is 2530. The number of aliphatic carboxylic acids is 2. The minimum atomic E-state index is -1.40. The number of aliphatic hydroxyl groups excluding tert-OH is 2. The van der Waals surface area contributed by atoms with E-state index in [2.05, 4.69) is 0 Å². The Hall–Kier alpha value is -5.50. The third-order valence-electron chi connectivity index (χ3n) is 10.7. The van der Waals surface area contributed by atoms with Crippen LogP contribution in [0.4, 0.5) is 8.78 Å². The average Bonchev–Trinajstić information content (AvgIpc) is 4.17. The van der Waals surface area contributed by atoms with Crippen molar-refractivity contribution in [3.8, 4) is 22.3 Å². The van der Waals surface area contributed by atoms with Crippen LogP contribution in [0.15, 0.2) is 109 Å². The SMILES string of the molecule is O=C([O-])C[C@H](O)CC(=O)/C=C/c1c(C2CC2)nc2ccccc2c1-c1ccc(F)cc1.O=C([O-])C[C@H](O)CC(=O)/C=C/c1c(C2CC2)nc2ccccc2c1-c1ccc(F)cc1.[Ca+2]. The molecule has 2 aliphatic carbocycles. The number of para-hydroxylation sites is 2.